The molecule has 2 heteroatoms. The van der Waals surface area contributed by atoms with Crippen LogP contribution in [0.3, 0.4) is 0 Å². The molecule has 0 saturated carbocycles. The zero-order valence-corrected chi connectivity index (χ0v) is 6.61. The van der Waals surface area contributed by atoms with E-state index in [0.29, 0.717) is 5.92 Å². The first-order valence-corrected chi connectivity index (χ1v) is 3.53. The van der Waals surface area contributed by atoms with Crippen molar-refractivity contribution in [1.29, 1.82) is 0 Å². The van der Waals surface area contributed by atoms with Crippen molar-refractivity contribution >= 4 is 0 Å². The first-order chi connectivity index (χ1) is 4.31. The minimum atomic E-state index is 0.634. The van der Waals surface area contributed by atoms with Crippen LogP contribution >= 0.6 is 0 Å². The molecule has 1 atom stereocenters. The monoisotopic (exact) mass is 131 g/mol. The van der Waals surface area contributed by atoms with Crippen LogP contribution in [0.15, 0.2) is 0 Å². The van der Waals surface area contributed by atoms with Crippen molar-refractivity contribution in [3.8, 4) is 0 Å². The average Bonchev–Trinajstić information content (AvgIpc) is 1.85. The second-order valence-corrected chi connectivity index (χ2v) is 2.32. The van der Waals surface area contributed by atoms with Gasteiger partial charge < -0.3 is 10.1 Å². The van der Waals surface area contributed by atoms with Gasteiger partial charge >= 0.3 is 0 Å². The molecule has 1 N–H and O–H groups in total. The molecule has 0 aliphatic heterocycles. The molecule has 56 valence electrons. The predicted octanol–water partition coefficient (Wildman–Crippen LogP) is 0.878. The lowest BCUT2D eigenvalue weighted by Gasteiger charge is -2.08. The molecule has 0 amide bonds. The Kier molecular flexibility index (Phi) is 5.99. The van der Waals surface area contributed by atoms with Gasteiger partial charge in [-0.1, -0.05) is 6.92 Å². The fraction of sp³-hybridized carbons (Fsp3) is 1.00. The molecule has 0 saturated heterocycles. The van der Waals surface area contributed by atoms with E-state index in [0.717, 1.165) is 19.8 Å². The van der Waals surface area contributed by atoms with E-state index in [2.05, 4.69) is 12.2 Å². The summed E-state index contributed by atoms with van der Waals surface area (Å²) in [7, 11) is 1.96. The highest BCUT2D eigenvalue weighted by atomic mass is 16.5. The van der Waals surface area contributed by atoms with Crippen molar-refractivity contribution < 1.29 is 4.74 Å². The summed E-state index contributed by atoms with van der Waals surface area (Å²) >= 11 is 0. The summed E-state index contributed by atoms with van der Waals surface area (Å²) in [4.78, 5) is 0. The maximum absolute atomic E-state index is 5.21. The molecule has 0 aliphatic rings. The van der Waals surface area contributed by atoms with E-state index in [1.165, 1.54) is 0 Å². The lowest BCUT2D eigenvalue weighted by Crippen LogP contribution is -2.20. The van der Waals surface area contributed by atoms with Gasteiger partial charge in [0.15, 0.2) is 0 Å². The van der Waals surface area contributed by atoms with Crippen LogP contribution in [0, 0.1) is 5.92 Å². The zero-order valence-electron chi connectivity index (χ0n) is 6.61. The molecule has 0 rings (SSSR count). The third kappa shape index (κ3) is 5.80. The van der Waals surface area contributed by atoms with Crippen molar-refractivity contribution in [2.75, 3.05) is 26.8 Å². The van der Waals surface area contributed by atoms with Crippen LogP contribution in [0.25, 0.3) is 0 Å². The van der Waals surface area contributed by atoms with E-state index < -0.39 is 0 Å². The SMILES string of the molecule is CCOCC(C)CNC. The Morgan fingerprint density at radius 1 is 1.56 bits per heavy atom. The van der Waals surface area contributed by atoms with E-state index in [1.54, 1.807) is 0 Å². The van der Waals surface area contributed by atoms with Crippen LogP contribution < -0.4 is 5.32 Å². The van der Waals surface area contributed by atoms with Crippen LogP contribution in [-0.4, -0.2) is 26.8 Å². The van der Waals surface area contributed by atoms with Crippen molar-refractivity contribution in [3.63, 3.8) is 0 Å². The van der Waals surface area contributed by atoms with Crippen molar-refractivity contribution in [1.82, 2.24) is 5.32 Å². The fourth-order valence-electron chi connectivity index (χ4n) is 0.726. The molecule has 0 radical (unpaired) electrons. The Hall–Kier alpha value is -0.0800. The number of ether oxygens (including phenoxy) is 1. The van der Waals surface area contributed by atoms with E-state index in [1.807, 2.05) is 14.0 Å². The summed E-state index contributed by atoms with van der Waals surface area (Å²) in [5, 5.41) is 3.10. The van der Waals surface area contributed by atoms with E-state index in [9.17, 15) is 0 Å². The fourth-order valence-corrected chi connectivity index (χ4v) is 0.726. The summed E-state index contributed by atoms with van der Waals surface area (Å²) in [5.41, 5.74) is 0. The highest BCUT2D eigenvalue weighted by Gasteiger charge is 1.97. The second-order valence-electron chi connectivity index (χ2n) is 2.32. The largest absolute Gasteiger partial charge is 0.381 e. The molecule has 0 spiro atoms. The third-order valence-corrected chi connectivity index (χ3v) is 1.16. The van der Waals surface area contributed by atoms with Crippen molar-refractivity contribution in [3.05, 3.63) is 0 Å². The molecular weight excluding hydrogens is 114 g/mol. The molecule has 0 aliphatic carbocycles. The van der Waals surface area contributed by atoms with Gasteiger partial charge in [-0.2, -0.15) is 0 Å². The summed E-state index contributed by atoms with van der Waals surface area (Å²) in [6.07, 6.45) is 0. The lowest BCUT2D eigenvalue weighted by molar-refractivity contribution is 0.116. The zero-order chi connectivity index (χ0) is 7.11. The van der Waals surface area contributed by atoms with Crippen LogP contribution in [0.4, 0.5) is 0 Å². The molecule has 0 heterocycles. The number of nitrogens with one attached hydrogen (secondary N) is 1. The minimum Gasteiger partial charge on any atom is -0.381 e. The Bertz CT molecular complexity index is 56.9. The van der Waals surface area contributed by atoms with Gasteiger partial charge in [0, 0.05) is 6.61 Å². The van der Waals surface area contributed by atoms with Crippen molar-refractivity contribution in [2.24, 2.45) is 5.92 Å². The van der Waals surface area contributed by atoms with Gasteiger partial charge in [-0.05, 0) is 26.4 Å². The molecule has 0 fully saturated rings. The third-order valence-electron chi connectivity index (χ3n) is 1.16. The molecule has 9 heavy (non-hydrogen) atoms. The Morgan fingerprint density at radius 3 is 2.67 bits per heavy atom. The molecule has 0 bridgehead atoms. The normalized spacial score (nSPS) is 13.7. The predicted molar refractivity (Wildman–Crippen MR) is 39.6 cm³/mol. The Balaban J connectivity index is 2.95. The second kappa shape index (κ2) is 6.05. The number of hydrogen-bond donors (Lipinski definition) is 1. The quantitative estimate of drug-likeness (QED) is 0.598. The van der Waals surface area contributed by atoms with Gasteiger partial charge in [-0.15, -0.1) is 0 Å². The highest BCUT2D eigenvalue weighted by molar-refractivity contribution is 4.51. The molecule has 0 aromatic carbocycles. The van der Waals surface area contributed by atoms with Gasteiger partial charge in [0.2, 0.25) is 0 Å². The molecule has 0 aromatic rings. The van der Waals surface area contributed by atoms with Crippen LogP contribution in [0.2, 0.25) is 0 Å². The smallest absolute Gasteiger partial charge is 0.0503 e. The summed E-state index contributed by atoms with van der Waals surface area (Å²) < 4.78 is 5.21. The first-order valence-electron chi connectivity index (χ1n) is 3.53. The molecule has 0 aromatic heterocycles. The van der Waals surface area contributed by atoms with Crippen LogP contribution in [-0.2, 0) is 4.74 Å². The molecule has 2 nitrogen and oxygen atoms in total. The number of rotatable bonds is 5. The van der Waals surface area contributed by atoms with Gasteiger partial charge in [0.05, 0.1) is 6.61 Å². The maximum atomic E-state index is 5.21. The maximum Gasteiger partial charge on any atom is 0.0503 e. The van der Waals surface area contributed by atoms with Crippen molar-refractivity contribution in [2.45, 2.75) is 13.8 Å². The van der Waals surface area contributed by atoms with Crippen LogP contribution in [0.1, 0.15) is 13.8 Å². The topological polar surface area (TPSA) is 21.3 Å². The van der Waals surface area contributed by atoms with Gasteiger partial charge in [0.1, 0.15) is 0 Å². The summed E-state index contributed by atoms with van der Waals surface area (Å²) in [6, 6.07) is 0. The average molecular weight is 131 g/mol. The Morgan fingerprint density at radius 2 is 2.22 bits per heavy atom. The standard InChI is InChI=1S/C7H17NO/c1-4-9-6-7(2)5-8-3/h7-8H,4-6H2,1-3H3. The van der Waals surface area contributed by atoms with E-state index >= 15 is 0 Å². The minimum absolute atomic E-state index is 0.634. The summed E-state index contributed by atoms with van der Waals surface area (Å²) in [6.45, 7) is 6.93. The van der Waals surface area contributed by atoms with Gasteiger partial charge in [0.25, 0.3) is 0 Å². The van der Waals surface area contributed by atoms with Crippen LogP contribution in [0.5, 0.6) is 0 Å². The lowest BCUT2D eigenvalue weighted by atomic mass is 10.2. The Labute approximate surface area is 57.6 Å². The first kappa shape index (κ1) is 8.92. The van der Waals surface area contributed by atoms with E-state index in [-0.39, 0.29) is 0 Å². The summed E-state index contributed by atoms with van der Waals surface area (Å²) in [5.74, 6) is 0.634. The van der Waals surface area contributed by atoms with Gasteiger partial charge in [-0.3, -0.25) is 0 Å². The molecular formula is C7H17NO. The highest BCUT2D eigenvalue weighted by Crippen LogP contribution is 1.91. The van der Waals surface area contributed by atoms with Gasteiger partial charge in [-0.25, -0.2) is 0 Å². The molecule has 1 unspecified atom stereocenters. The number of hydrogen-bond acceptors (Lipinski definition) is 2. The van der Waals surface area contributed by atoms with E-state index in [4.69, 9.17) is 4.74 Å².